The van der Waals surface area contributed by atoms with Gasteiger partial charge >= 0.3 is 0 Å². The summed E-state index contributed by atoms with van der Waals surface area (Å²) in [7, 11) is -2.06. The SMILES string of the molecule is CN(C(=O)Cc1ccc(S(N)(=O)=O)cc1)c1sc2c(c1C#N)CN(CC1CCCCC1)C(C)(C)C2. The van der Waals surface area contributed by atoms with Crippen molar-refractivity contribution in [3.05, 3.63) is 45.8 Å². The van der Waals surface area contributed by atoms with Gasteiger partial charge in [0.05, 0.1) is 16.9 Å². The zero-order valence-corrected chi connectivity index (χ0v) is 22.3. The Kier molecular flexibility index (Phi) is 7.39. The summed E-state index contributed by atoms with van der Waals surface area (Å²) in [5, 5.41) is 15.9. The van der Waals surface area contributed by atoms with Crippen molar-refractivity contribution in [2.45, 2.75) is 75.8 Å². The molecule has 0 saturated heterocycles. The van der Waals surface area contributed by atoms with Gasteiger partial charge in [0.25, 0.3) is 0 Å². The number of nitrogens with two attached hydrogens (primary N) is 1. The van der Waals surface area contributed by atoms with E-state index >= 15 is 0 Å². The van der Waals surface area contributed by atoms with Crippen molar-refractivity contribution in [2.24, 2.45) is 11.1 Å². The molecule has 7 nitrogen and oxygen atoms in total. The summed E-state index contributed by atoms with van der Waals surface area (Å²) in [4.78, 5) is 18.4. The Hall–Kier alpha value is -2.25. The normalized spacial score (nSPS) is 18.6. The zero-order valence-electron chi connectivity index (χ0n) is 20.7. The number of fused-ring (bicyclic) bond motifs is 1. The van der Waals surface area contributed by atoms with Crippen LogP contribution in [0.4, 0.5) is 5.00 Å². The van der Waals surface area contributed by atoms with Gasteiger partial charge in [-0.15, -0.1) is 11.3 Å². The molecule has 2 aromatic rings. The summed E-state index contributed by atoms with van der Waals surface area (Å²) in [6, 6.07) is 8.40. The molecule has 0 atom stereocenters. The Morgan fingerprint density at radius 2 is 1.89 bits per heavy atom. The lowest BCUT2D eigenvalue weighted by Crippen LogP contribution is -2.50. The van der Waals surface area contributed by atoms with Crippen LogP contribution >= 0.6 is 11.3 Å². The maximum absolute atomic E-state index is 13.1. The van der Waals surface area contributed by atoms with E-state index < -0.39 is 10.0 Å². The van der Waals surface area contributed by atoms with Crippen LogP contribution in [0, 0.1) is 17.2 Å². The minimum Gasteiger partial charge on any atom is -0.306 e. The highest BCUT2D eigenvalue weighted by Gasteiger charge is 2.38. The molecule has 9 heteroatoms. The first-order valence-electron chi connectivity index (χ1n) is 12.2. The lowest BCUT2D eigenvalue weighted by molar-refractivity contribution is -0.117. The van der Waals surface area contributed by atoms with E-state index in [1.54, 1.807) is 35.4 Å². The van der Waals surface area contributed by atoms with Crippen molar-refractivity contribution < 1.29 is 13.2 Å². The van der Waals surface area contributed by atoms with Crippen LogP contribution in [0.1, 0.15) is 67.5 Å². The molecule has 2 heterocycles. The highest BCUT2D eigenvalue weighted by atomic mass is 32.2. The number of sulfonamides is 1. The predicted octanol–water partition coefficient (Wildman–Crippen LogP) is 4.19. The number of likely N-dealkylation sites (N-methyl/N-ethyl adjacent to an activating group) is 1. The van der Waals surface area contributed by atoms with E-state index in [-0.39, 0.29) is 22.8 Å². The molecule has 188 valence electrons. The Morgan fingerprint density at radius 3 is 2.49 bits per heavy atom. The van der Waals surface area contributed by atoms with Crippen LogP contribution in [-0.4, -0.2) is 38.4 Å². The fourth-order valence-electron chi connectivity index (χ4n) is 5.27. The lowest BCUT2D eigenvalue weighted by Gasteiger charge is -2.44. The first kappa shape index (κ1) is 25.8. The van der Waals surface area contributed by atoms with Gasteiger partial charge in [0.15, 0.2) is 0 Å². The average Bonchev–Trinajstić information content (AvgIpc) is 3.15. The molecule has 1 aromatic heterocycles. The van der Waals surface area contributed by atoms with Gasteiger partial charge in [-0.25, -0.2) is 13.6 Å². The first-order chi connectivity index (χ1) is 16.5. The van der Waals surface area contributed by atoms with E-state index in [4.69, 9.17) is 5.14 Å². The van der Waals surface area contributed by atoms with Gasteiger partial charge in [0.2, 0.25) is 15.9 Å². The molecule has 0 radical (unpaired) electrons. The van der Waals surface area contributed by atoms with Crippen molar-refractivity contribution in [2.75, 3.05) is 18.5 Å². The second kappa shape index (κ2) is 10.0. The molecule has 1 amide bonds. The summed E-state index contributed by atoms with van der Waals surface area (Å²) in [5.74, 6) is 0.569. The van der Waals surface area contributed by atoms with Gasteiger partial charge in [-0.3, -0.25) is 9.69 Å². The Balaban J connectivity index is 1.53. The summed E-state index contributed by atoms with van der Waals surface area (Å²) in [6.07, 6.45) is 7.51. The number of nitriles is 1. The highest BCUT2D eigenvalue weighted by Crippen LogP contribution is 2.43. The molecule has 4 rings (SSSR count). The number of thiophene rings is 1. The molecule has 1 fully saturated rings. The van der Waals surface area contributed by atoms with Crippen molar-refractivity contribution in [3.63, 3.8) is 0 Å². The smallest absolute Gasteiger partial charge is 0.238 e. The minimum atomic E-state index is -3.78. The molecule has 0 unspecified atom stereocenters. The van der Waals surface area contributed by atoms with Gasteiger partial charge in [0, 0.05) is 42.5 Å². The number of benzene rings is 1. The molecule has 1 aliphatic heterocycles. The largest absolute Gasteiger partial charge is 0.306 e. The predicted molar refractivity (Wildman–Crippen MR) is 139 cm³/mol. The van der Waals surface area contributed by atoms with E-state index in [0.717, 1.165) is 31.0 Å². The van der Waals surface area contributed by atoms with Gasteiger partial charge in [-0.2, -0.15) is 5.26 Å². The Labute approximate surface area is 212 Å². The summed E-state index contributed by atoms with van der Waals surface area (Å²) in [5.41, 5.74) is 2.37. The summed E-state index contributed by atoms with van der Waals surface area (Å²) >= 11 is 1.55. The van der Waals surface area contributed by atoms with Crippen molar-refractivity contribution >= 4 is 32.3 Å². The third kappa shape index (κ3) is 5.61. The topological polar surface area (TPSA) is 107 Å². The molecule has 2 N–H and O–H groups in total. The Morgan fingerprint density at radius 1 is 1.23 bits per heavy atom. The van der Waals surface area contributed by atoms with Crippen LogP contribution in [-0.2, 0) is 34.2 Å². The standard InChI is InChI=1S/C26H34N4O3S2/c1-26(2)14-23-22(17-30(26)16-19-7-5-4-6-8-19)21(15-27)25(34-23)29(3)24(31)13-18-9-11-20(12-10-18)35(28,32)33/h9-12,19H,4-8,13-14,16-17H2,1-3H3,(H2,28,32,33). The minimum absolute atomic E-state index is 0.00690. The van der Waals surface area contributed by atoms with Gasteiger partial charge in [0.1, 0.15) is 11.1 Å². The van der Waals surface area contributed by atoms with Crippen LogP contribution in [0.15, 0.2) is 29.2 Å². The van der Waals surface area contributed by atoms with Crippen LogP contribution in [0.3, 0.4) is 0 Å². The number of nitrogens with zero attached hydrogens (tertiary/aromatic N) is 3. The van der Waals surface area contributed by atoms with Crippen LogP contribution in [0.5, 0.6) is 0 Å². The lowest BCUT2D eigenvalue weighted by atomic mass is 9.84. The second-order valence-electron chi connectivity index (χ2n) is 10.5. The first-order valence-corrected chi connectivity index (χ1v) is 14.5. The second-order valence-corrected chi connectivity index (χ2v) is 13.1. The monoisotopic (exact) mass is 514 g/mol. The Bertz CT molecular complexity index is 1240. The van der Waals surface area contributed by atoms with Crippen LogP contribution in [0.2, 0.25) is 0 Å². The molecule has 0 bridgehead atoms. The van der Waals surface area contributed by atoms with Crippen LogP contribution in [0.25, 0.3) is 0 Å². The van der Waals surface area contributed by atoms with E-state index in [1.807, 2.05) is 0 Å². The number of hydrogen-bond donors (Lipinski definition) is 1. The number of hydrogen-bond acceptors (Lipinski definition) is 6. The number of carbonyl (C=O) groups is 1. The number of rotatable bonds is 6. The average molecular weight is 515 g/mol. The van der Waals surface area contributed by atoms with Gasteiger partial charge in [-0.05, 0) is 50.3 Å². The fourth-order valence-corrected chi connectivity index (χ4v) is 7.24. The highest BCUT2D eigenvalue weighted by molar-refractivity contribution is 7.89. The van der Waals surface area contributed by atoms with E-state index in [2.05, 4.69) is 24.8 Å². The molecular weight excluding hydrogens is 480 g/mol. The van der Waals surface area contributed by atoms with E-state index in [9.17, 15) is 18.5 Å². The maximum atomic E-state index is 13.1. The quantitative estimate of drug-likeness (QED) is 0.622. The molecule has 35 heavy (non-hydrogen) atoms. The van der Waals surface area contributed by atoms with E-state index in [1.165, 1.54) is 49.1 Å². The number of anilines is 1. The molecule has 2 aliphatic rings. The maximum Gasteiger partial charge on any atom is 0.238 e. The number of carbonyl (C=O) groups excluding carboxylic acids is 1. The summed E-state index contributed by atoms with van der Waals surface area (Å²) < 4.78 is 23.0. The third-order valence-corrected chi connectivity index (χ3v) is 9.71. The van der Waals surface area contributed by atoms with E-state index in [0.29, 0.717) is 16.1 Å². The van der Waals surface area contributed by atoms with Crippen molar-refractivity contribution in [1.29, 1.82) is 5.26 Å². The van der Waals surface area contributed by atoms with Crippen molar-refractivity contribution in [3.8, 4) is 6.07 Å². The molecule has 1 aliphatic carbocycles. The van der Waals surface area contributed by atoms with Crippen molar-refractivity contribution in [1.82, 2.24) is 4.90 Å². The molecular formula is C26H34N4O3S2. The summed E-state index contributed by atoms with van der Waals surface area (Å²) in [6.45, 7) is 6.37. The fraction of sp³-hybridized carbons (Fsp3) is 0.538. The van der Waals surface area contributed by atoms with Gasteiger partial charge in [-0.1, -0.05) is 31.4 Å². The van der Waals surface area contributed by atoms with Crippen LogP contribution < -0.4 is 10.0 Å². The molecule has 1 aromatic carbocycles. The zero-order chi connectivity index (χ0) is 25.4. The molecule has 0 spiro atoms. The third-order valence-electron chi connectivity index (χ3n) is 7.47. The number of primary sulfonamides is 1. The van der Waals surface area contributed by atoms with Gasteiger partial charge < -0.3 is 4.90 Å². The number of amides is 1. The molecule has 1 saturated carbocycles.